The van der Waals surface area contributed by atoms with Crippen LogP contribution in [0.4, 0.5) is 0 Å². The first-order chi connectivity index (χ1) is 8.27. The largest absolute Gasteiger partial charge is 0.352 e. The van der Waals surface area contributed by atoms with Crippen LogP contribution < -0.4 is 5.32 Å². The van der Waals surface area contributed by atoms with E-state index in [1.165, 1.54) is 0 Å². The van der Waals surface area contributed by atoms with Gasteiger partial charge in [0.2, 0.25) is 5.91 Å². The number of nitrogens with zero attached hydrogens (tertiary/aromatic N) is 1. The molecule has 0 aliphatic rings. The van der Waals surface area contributed by atoms with Gasteiger partial charge in [-0.15, -0.1) is 0 Å². The molecule has 0 unspecified atom stereocenters. The van der Waals surface area contributed by atoms with Crippen molar-refractivity contribution in [1.29, 1.82) is 0 Å². The van der Waals surface area contributed by atoms with Crippen molar-refractivity contribution in [1.82, 2.24) is 10.3 Å². The molecule has 1 aromatic rings. The van der Waals surface area contributed by atoms with Gasteiger partial charge in [0.15, 0.2) is 0 Å². The van der Waals surface area contributed by atoms with Crippen molar-refractivity contribution < 1.29 is 4.79 Å². The van der Waals surface area contributed by atoms with Crippen LogP contribution in [0.15, 0.2) is 24.5 Å². The molecule has 17 heavy (non-hydrogen) atoms. The van der Waals surface area contributed by atoms with Crippen LogP contribution in [-0.4, -0.2) is 10.9 Å². The van der Waals surface area contributed by atoms with Crippen LogP contribution in [0.2, 0.25) is 0 Å². The minimum atomic E-state index is 0.173. The van der Waals surface area contributed by atoms with Gasteiger partial charge in [-0.25, -0.2) is 0 Å². The summed E-state index contributed by atoms with van der Waals surface area (Å²) in [6, 6.07) is 3.85. The van der Waals surface area contributed by atoms with Crippen molar-refractivity contribution in [2.45, 2.75) is 46.1 Å². The summed E-state index contributed by atoms with van der Waals surface area (Å²) in [5, 5.41) is 3.00. The third-order valence-corrected chi connectivity index (χ3v) is 2.86. The van der Waals surface area contributed by atoms with E-state index in [1.807, 2.05) is 12.1 Å². The predicted octanol–water partition coefficient (Wildman–Crippen LogP) is 2.91. The zero-order valence-corrected chi connectivity index (χ0v) is 10.8. The summed E-state index contributed by atoms with van der Waals surface area (Å²) in [5.41, 5.74) is 1.10. The van der Waals surface area contributed by atoms with Crippen molar-refractivity contribution >= 4 is 5.91 Å². The Hall–Kier alpha value is -1.38. The van der Waals surface area contributed by atoms with E-state index >= 15 is 0 Å². The van der Waals surface area contributed by atoms with Gasteiger partial charge in [-0.2, -0.15) is 0 Å². The number of nitrogens with one attached hydrogen (secondary N) is 1. The van der Waals surface area contributed by atoms with Crippen molar-refractivity contribution in [2.24, 2.45) is 5.92 Å². The van der Waals surface area contributed by atoms with E-state index in [4.69, 9.17) is 0 Å². The Labute approximate surface area is 104 Å². The van der Waals surface area contributed by atoms with Gasteiger partial charge in [0, 0.05) is 24.9 Å². The maximum Gasteiger partial charge on any atom is 0.223 e. The summed E-state index contributed by atoms with van der Waals surface area (Å²) in [7, 11) is 0. The molecule has 0 aliphatic heterocycles. The number of aromatic nitrogens is 1. The molecule has 0 saturated carbocycles. The standard InChI is InChI=1S/C14H22N2O/c1-3-5-13(6-4-2)14(17)16-11-12-7-9-15-10-8-12/h7-10,13H,3-6,11H2,1-2H3,(H,16,17). The maximum absolute atomic E-state index is 12.0. The lowest BCUT2D eigenvalue weighted by atomic mass is 9.97. The zero-order chi connectivity index (χ0) is 12.5. The fraction of sp³-hybridized carbons (Fsp3) is 0.571. The second-order valence-electron chi connectivity index (χ2n) is 4.35. The van der Waals surface area contributed by atoms with Crippen LogP contribution in [0.1, 0.15) is 45.1 Å². The summed E-state index contributed by atoms with van der Waals surface area (Å²) in [5.74, 6) is 0.359. The molecular formula is C14H22N2O. The first-order valence-corrected chi connectivity index (χ1v) is 6.44. The Kier molecular flexibility index (Phi) is 6.30. The average molecular weight is 234 g/mol. The van der Waals surface area contributed by atoms with Crippen LogP contribution in [0, 0.1) is 5.92 Å². The maximum atomic E-state index is 12.0. The number of carbonyl (C=O) groups excluding carboxylic acids is 1. The molecule has 1 heterocycles. The molecule has 1 aromatic heterocycles. The molecule has 94 valence electrons. The lowest BCUT2D eigenvalue weighted by Crippen LogP contribution is -2.30. The Morgan fingerprint density at radius 2 is 1.82 bits per heavy atom. The van der Waals surface area contributed by atoms with E-state index in [9.17, 15) is 4.79 Å². The smallest absolute Gasteiger partial charge is 0.223 e. The van der Waals surface area contributed by atoms with Gasteiger partial charge in [0.25, 0.3) is 0 Å². The molecule has 0 fully saturated rings. The highest BCUT2D eigenvalue weighted by Crippen LogP contribution is 2.13. The summed E-state index contributed by atoms with van der Waals surface area (Å²) in [6.07, 6.45) is 7.58. The van der Waals surface area contributed by atoms with Crippen molar-refractivity contribution in [3.05, 3.63) is 30.1 Å². The monoisotopic (exact) mass is 234 g/mol. The summed E-state index contributed by atoms with van der Waals surface area (Å²) >= 11 is 0. The number of hydrogen-bond donors (Lipinski definition) is 1. The van der Waals surface area contributed by atoms with Crippen LogP contribution in [0.25, 0.3) is 0 Å². The minimum absolute atomic E-state index is 0.173. The number of carbonyl (C=O) groups is 1. The minimum Gasteiger partial charge on any atom is -0.352 e. The van der Waals surface area contributed by atoms with E-state index in [0.717, 1.165) is 31.2 Å². The highest BCUT2D eigenvalue weighted by Gasteiger charge is 2.15. The van der Waals surface area contributed by atoms with Crippen molar-refractivity contribution in [2.75, 3.05) is 0 Å². The average Bonchev–Trinajstić information content (AvgIpc) is 2.37. The van der Waals surface area contributed by atoms with E-state index < -0.39 is 0 Å². The normalized spacial score (nSPS) is 10.5. The molecule has 3 nitrogen and oxygen atoms in total. The molecule has 0 aliphatic carbocycles. The Balaban J connectivity index is 2.41. The fourth-order valence-corrected chi connectivity index (χ4v) is 1.94. The summed E-state index contributed by atoms with van der Waals surface area (Å²) in [4.78, 5) is 15.9. The predicted molar refractivity (Wildman–Crippen MR) is 69.4 cm³/mol. The Morgan fingerprint density at radius 1 is 1.24 bits per heavy atom. The second kappa shape index (κ2) is 7.82. The number of amides is 1. The molecule has 0 atom stereocenters. The van der Waals surface area contributed by atoms with Gasteiger partial charge >= 0.3 is 0 Å². The third kappa shape index (κ3) is 4.98. The van der Waals surface area contributed by atoms with Gasteiger partial charge in [-0.1, -0.05) is 26.7 Å². The molecule has 0 radical (unpaired) electrons. The van der Waals surface area contributed by atoms with E-state index in [1.54, 1.807) is 12.4 Å². The quantitative estimate of drug-likeness (QED) is 0.788. The molecule has 0 aromatic carbocycles. The lowest BCUT2D eigenvalue weighted by Gasteiger charge is -2.15. The summed E-state index contributed by atoms with van der Waals surface area (Å²) in [6.45, 7) is 4.85. The molecule has 1 rings (SSSR count). The van der Waals surface area contributed by atoms with Crippen LogP contribution in [0.5, 0.6) is 0 Å². The van der Waals surface area contributed by atoms with Gasteiger partial charge in [0.05, 0.1) is 0 Å². The van der Waals surface area contributed by atoms with Crippen molar-refractivity contribution in [3.63, 3.8) is 0 Å². The van der Waals surface area contributed by atoms with Gasteiger partial charge in [-0.3, -0.25) is 9.78 Å². The molecule has 0 spiro atoms. The second-order valence-corrected chi connectivity index (χ2v) is 4.35. The van der Waals surface area contributed by atoms with Crippen molar-refractivity contribution in [3.8, 4) is 0 Å². The first-order valence-electron chi connectivity index (χ1n) is 6.44. The zero-order valence-electron chi connectivity index (χ0n) is 10.8. The number of hydrogen-bond acceptors (Lipinski definition) is 2. The molecule has 1 N–H and O–H groups in total. The van der Waals surface area contributed by atoms with E-state index in [-0.39, 0.29) is 11.8 Å². The molecule has 0 bridgehead atoms. The third-order valence-electron chi connectivity index (χ3n) is 2.86. The van der Waals surface area contributed by atoms with Gasteiger partial charge in [0.1, 0.15) is 0 Å². The van der Waals surface area contributed by atoms with Crippen LogP contribution in [0.3, 0.4) is 0 Å². The van der Waals surface area contributed by atoms with Crippen LogP contribution in [-0.2, 0) is 11.3 Å². The molecular weight excluding hydrogens is 212 g/mol. The first kappa shape index (κ1) is 13.7. The van der Waals surface area contributed by atoms with Gasteiger partial charge in [-0.05, 0) is 30.5 Å². The Morgan fingerprint density at radius 3 is 2.35 bits per heavy atom. The number of pyridine rings is 1. The Bertz CT molecular complexity index is 318. The fourth-order valence-electron chi connectivity index (χ4n) is 1.94. The lowest BCUT2D eigenvalue weighted by molar-refractivity contribution is -0.125. The SMILES string of the molecule is CCCC(CCC)C(=O)NCc1ccncc1. The highest BCUT2D eigenvalue weighted by molar-refractivity contribution is 5.78. The summed E-state index contributed by atoms with van der Waals surface area (Å²) < 4.78 is 0. The van der Waals surface area contributed by atoms with E-state index in [2.05, 4.69) is 24.1 Å². The van der Waals surface area contributed by atoms with Crippen LogP contribution >= 0.6 is 0 Å². The van der Waals surface area contributed by atoms with E-state index in [0.29, 0.717) is 6.54 Å². The number of rotatable bonds is 7. The topological polar surface area (TPSA) is 42.0 Å². The molecule has 3 heteroatoms. The molecule has 0 saturated heterocycles. The highest BCUT2D eigenvalue weighted by atomic mass is 16.1. The van der Waals surface area contributed by atoms with Gasteiger partial charge < -0.3 is 5.32 Å². The molecule has 1 amide bonds.